The molecule has 0 aromatic heterocycles. The van der Waals surface area contributed by atoms with Crippen molar-refractivity contribution < 1.29 is 0 Å². The molecule has 0 atom stereocenters. The van der Waals surface area contributed by atoms with E-state index in [4.69, 9.17) is 0 Å². The van der Waals surface area contributed by atoms with Crippen LogP contribution in [0.5, 0.6) is 0 Å². The lowest BCUT2D eigenvalue weighted by Crippen LogP contribution is -2.09. The van der Waals surface area contributed by atoms with Crippen LogP contribution in [0.15, 0.2) is 0 Å². The minimum absolute atomic E-state index is 0.581. The molecule has 0 aliphatic heterocycles. The van der Waals surface area contributed by atoms with E-state index in [0.717, 1.165) is 0 Å². The first kappa shape index (κ1) is 23.4. The average Bonchev–Trinajstić information content (AvgIpc) is 2.58. The first-order chi connectivity index (χ1) is 11.2. The Morgan fingerprint density at radius 2 is 0.696 bits per heavy atom. The molecule has 0 aliphatic rings. The summed E-state index contributed by atoms with van der Waals surface area (Å²) in [6, 6.07) is 0. The summed E-state index contributed by atoms with van der Waals surface area (Å²) in [5.74, 6) is 0. The largest absolute Gasteiger partial charge is 0.0654 e. The molecule has 0 unspecified atom stereocenters. The molecule has 0 spiro atoms. The maximum Gasteiger partial charge on any atom is 0.0594 e. The van der Waals surface area contributed by atoms with Gasteiger partial charge in [0.05, 0.1) is 24.6 Å². The van der Waals surface area contributed by atoms with E-state index in [-0.39, 0.29) is 0 Å². The van der Waals surface area contributed by atoms with E-state index in [0.29, 0.717) is 0 Å². The van der Waals surface area contributed by atoms with Crippen LogP contribution in [0.25, 0.3) is 0 Å². The Morgan fingerprint density at radius 3 is 1.00 bits per heavy atom. The van der Waals surface area contributed by atoms with Crippen LogP contribution in [-0.2, 0) is 0 Å². The molecule has 0 rings (SSSR count). The van der Waals surface area contributed by atoms with Crippen molar-refractivity contribution in [2.45, 2.75) is 118 Å². The summed E-state index contributed by atoms with van der Waals surface area (Å²) in [5.41, 5.74) is 0. The highest BCUT2D eigenvalue weighted by Crippen LogP contribution is 2.59. The highest BCUT2D eigenvalue weighted by molar-refractivity contribution is 7.75. The zero-order valence-corrected chi connectivity index (χ0v) is 18.1. The average molecular weight is 344 g/mol. The molecule has 0 amide bonds. The predicted molar refractivity (Wildman–Crippen MR) is 114 cm³/mol. The van der Waals surface area contributed by atoms with Crippen molar-refractivity contribution in [1.29, 1.82) is 0 Å². The van der Waals surface area contributed by atoms with E-state index in [1.54, 1.807) is 12.3 Å². The summed E-state index contributed by atoms with van der Waals surface area (Å²) < 4.78 is 0. The molecule has 0 fully saturated rings. The number of unbranched alkanes of at least 4 members (excludes halogenated alkanes) is 12. The van der Waals surface area contributed by atoms with Gasteiger partial charge in [0.15, 0.2) is 0 Å². The van der Waals surface area contributed by atoms with Gasteiger partial charge >= 0.3 is 0 Å². The lowest BCUT2D eigenvalue weighted by atomic mass is 10.1. The lowest BCUT2D eigenvalue weighted by molar-refractivity contribution is 0.599. The molecular weight excluding hydrogens is 295 g/mol. The number of hydrogen-bond donors (Lipinski definition) is 0. The standard InChI is InChI=1S/C22H48P/c1-5-9-11-13-15-17-19-21-23(7-3,8-4)22-20-18-16-14-12-10-6-2/h5-22H2,1-4H3/q+1. The van der Waals surface area contributed by atoms with Gasteiger partial charge in [-0.3, -0.25) is 0 Å². The quantitative estimate of drug-likeness (QED) is 0.173. The molecule has 0 aromatic rings. The van der Waals surface area contributed by atoms with Crippen molar-refractivity contribution in [3.8, 4) is 0 Å². The van der Waals surface area contributed by atoms with Gasteiger partial charge in [-0.25, -0.2) is 0 Å². The Bertz CT molecular complexity index is 200. The molecular formula is C22H48P+. The minimum atomic E-state index is -0.581. The third-order valence-electron chi connectivity index (χ3n) is 5.81. The number of hydrogen-bond acceptors (Lipinski definition) is 0. The van der Waals surface area contributed by atoms with Gasteiger partial charge in [-0.1, -0.05) is 78.1 Å². The summed E-state index contributed by atoms with van der Waals surface area (Å²) in [5, 5.41) is 0. The van der Waals surface area contributed by atoms with Gasteiger partial charge in [0.25, 0.3) is 0 Å². The smallest absolute Gasteiger partial charge is 0.0594 e. The van der Waals surface area contributed by atoms with E-state index in [2.05, 4.69) is 27.7 Å². The van der Waals surface area contributed by atoms with Crippen molar-refractivity contribution in [2.24, 2.45) is 0 Å². The molecule has 140 valence electrons. The third kappa shape index (κ3) is 13.4. The summed E-state index contributed by atoms with van der Waals surface area (Å²) in [4.78, 5) is 0. The van der Waals surface area contributed by atoms with Gasteiger partial charge < -0.3 is 0 Å². The molecule has 1 heteroatoms. The minimum Gasteiger partial charge on any atom is -0.0654 e. The molecule has 23 heavy (non-hydrogen) atoms. The van der Waals surface area contributed by atoms with E-state index in [1.165, 1.54) is 102 Å². The van der Waals surface area contributed by atoms with E-state index < -0.39 is 7.26 Å². The van der Waals surface area contributed by atoms with Crippen molar-refractivity contribution in [3.63, 3.8) is 0 Å². The Kier molecular flexibility index (Phi) is 17.6. The second-order valence-corrected chi connectivity index (χ2v) is 12.5. The Morgan fingerprint density at radius 1 is 0.391 bits per heavy atom. The van der Waals surface area contributed by atoms with Crippen LogP contribution < -0.4 is 0 Å². The summed E-state index contributed by atoms with van der Waals surface area (Å²) in [7, 11) is -0.581. The molecule has 0 heterocycles. The summed E-state index contributed by atoms with van der Waals surface area (Å²) in [6.07, 6.45) is 26.8. The predicted octanol–water partition coefficient (Wildman–Crippen LogP) is 8.55. The van der Waals surface area contributed by atoms with Gasteiger partial charge in [0.1, 0.15) is 0 Å². The van der Waals surface area contributed by atoms with Crippen molar-refractivity contribution in [2.75, 3.05) is 24.6 Å². The fourth-order valence-electron chi connectivity index (χ4n) is 3.78. The van der Waals surface area contributed by atoms with Crippen LogP contribution >= 0.6 is 7.26 Å². The second kappa shape index (κ2) is 17.3. The van der Waals surface area contributed by atoms with Gasteiger partial charge in [0.2, 0.25) is 0 Å². The highest BCUT2D eigenvalue weighted by Gasteiger charge is 2.31. The van der Waals surface area contributed by atoms with Crippen LogP contribution in [-0.4, -0.2) is 24.6 Å². The molecule has 0 radical (unpaired) electrons. The fraction of sp³-hybridized carbons (Fsp3) is 1.00. The zero-order chi connectivity index (χ0) is 17.2. The van der Waals surface area contributed by atoms with Gasteiger partial charge in [-0.15, -0.1) is 0 Å². The molecule has 0 saturated carbocycles. The Hall–Kier alpha value is 0.430. The molecule has 0 nitrogen and oxygen atoms in total. The van der Waals surface area contributed by atoms with Crippen molar-refractivity contribution in [3.05, 3.63) is 0 Å². The topological polar surface area (TPSA) is 0 Å². The first-order valence-corrected chi connectivity index (χ1v) is 13.6. The van der Waals surface area contributed by atoms with Crippen LogP contribution in [0.2, 0.25) is 0 Å². The normalized spacial score (nSPS) is 12.0. The molecule has 0 aliphatic carbocycles. The van der Waals surface area contributed by atoms with Crippen molar-refractivity contribution in [1.82, 2.24) is 0 Å². The summed E-state index contributed by atoms with van der Waals surface area (Å²) >= 11 is 0. The Balaban J connectivity index is 3.74. The van der Waals surface area contributed by atoms with Gasteiger partial charge in [0, 0.05) is 7.26 Å². The SMILES string of the molecule is CCCCCCCCC[P+](CC)(CC)CCCCCCCCC. The molecule has 0 aromatic carbocycles. The third-order valence-corrected chi connectivity index (χ3v) is 11.0. The maximum atomic E-state index is 2.49. The van der Waals surface area contributed by atoms with Crippen LogP contribution in [0.3, 0.4) is 0 Å². The Labute approximate surface area is 149 Å². The van der Waals surface area contributed by atoms with E-state index in [9.17, 15) is 0 Å². The first-order valence-electron chi connectivity index (χ1n) is 11.1. The van der Waals surface area contributed by atoms with Crippen LogP contribution in [0, 0.1) is 0 Å². The molecule has 0 N–H and O–H groups in total. The van der Waals surface area contributed by atoms with Crippen molar-refractivity contribution >= 4 is 7.26 Å². The second-order valence-electron chi connectivity index (χ2n) is 7.66. The summed E-state index contributed by atoms with van der Waals surface area (Å²) in [6.45, 7) is 9.59. The number of rotatable bonds is 18. The lowest BCUT2D eigenvalue weighted by Gasteiger charge is -2.25. The van der Waals surface area contributed by atoms with Gasteiger partial charge in [-0.05, 0) is 39.5 Å². The highest BCUT2D eigenvalue weighted by atomic mass is 31.2. The molecule has 0 saturated heterocycles. The fourth-order valence-corrected chi connectivity index (χ4v) is 7.50. The monoisotopic (exact) mass is 343 g/mol. The zero-order valence-electron chi connectivity index (χ0n) is 17.2. The molecule has 0 bridgehead atoms. The van der Waals surface area contributed by atoms with E-state index in [1.807, 2.05) is 0 Å². The van der Waals surface area contributed by atoms with E-state index >= 15 is 0 Å². The van der Waals surface area contributed by atoms with Crippen LogP contribution in [0.1, 0.15) is 118 Å². The maximum absolute atomic E-state index is 2.49. The van der Waals surface area contributed by atoms with Crippen LogP contribution in [0.4, 0.5) is 0 Å². The van der Waals surface area contributed by atoms with Gasteiger partial charge in [-0.2, -0.15) is 0 Å².